The van der Waals surface area contributed by atoms with Crippen LogP contribution in [0.4, 0.5) is 5.69 Å². The Morgan fingerprint density at radius 2 is 1.69 bits per heavy atom. The van der Waals surface area contributed by atoms with Gasteiger partial charge in [-0.25, -0.2) is 4.68 Å². The van der Waals surface area contributed by atoms with Crippen LogP contribution in [0.3, 0.4) is 0 Å². The Hall–Kier alpha value is -3.67. The van der Waals surface area contributed by atoms with Crippen molar-refractivity contribution in [2.24, 2.45) is 7.05 Å². The summed E-state index contributed by atoms with van der Waals surface area (Å²) < 4.78 is 3.30. The lowest BCUT2D eigenvalue weighted by Gasteiger charge is -2.07. The summed E-state index contributed by atoms with van der Waals surface area (Å²) in [6, 6.07) is 21.2. The molecule has 4 aromatic rings. The Bertz CT molecular complexity index is 1030. The van der Waals surface area contributed by atoms with Crippen LogP contribution in [0.25, 0.3) is 16.9 Å². The number of nitrogens with zero attached hydrogens (tertiary/aromatic N) is 4. The third-order valence-electron chi connectivity index (χ3n) is 3.98. The van der Waals surface area contributed by atoms with Gasteiger partial charge >= 0.3 is 0 Å². The van der Waals surface area contributed by atoms with E-state index in [9.17, 15) is 4.79 Å². The summed E-state index contributed by atoms with van der Waals surface area (Å²) in [5.74, 6) is -0.239. The van der Waals surface area contributed by atoms with Gasteiger partial charge in [0.1, 0.15) is 5.69 Å². The van der Waals surface area contributed by atoms with Crippen LogP contribution in [0.5, 0.6) is 0 Å². The maximum atomic E-state index is 12.9. The van der Waals surface area contributed by atoms with Gasteiger partial charge in [-0.05, 0) is 18.2 Å². The molecule has 0 bridgehead atoms. The third-order valence-corrected chi connectivity index (χ3v) is 3.98. The number of benzene rings is 2. The fourth-order valence-electron chi connectivity index (χ4n) is 2.74. The summed E-state index contributed by atoms with van der Waals surface area (Å²) in [6.45, 7) is 0. The van der Waals surface area contributed by atoms with Gasteiger partial charge in [-0.15, -0.1) is 0 Å². The van der Waals surface area contributed by atoms with Crippen LogP contribution < -0.4 is 5.32 Å². The maximum Gasteiger partial charge on any atom is 0.274 e. The first kappa shape index (κ1) is 15.8. The Kier molecular flexibility index (Phi) is 4.07. The number of hydrogen-bond donors (Lipinski definition) is 1. The number of para-hydroxylation sites is 1. The molecule has 128 valence electrons. The van der Waals surface area contributed by atoms with E-state index in [4.69, 9.17) is 0 Å². The molecule has 6 heteroatoms. The SMILES string of the molecule is Cn1cc(NC(=O)c2cc(-c3ccccc3)nn2-c2ccccc2)cn1. The van der Waals surface area contributed by atoms with E-state index < -0.39 is 0 Å². The molecular weight excluding hydrogens is 326 g/mol. The van der Waals surface area contributed by atoms with Crippen molar-refractivity contribution in [3.8, 4) is 16.9 Å². The van der Waals surface area contributed by atoms with Crippen LogP contribution in [0.15, 0.2) is 79.1 Å². The van der Waals surface area contributed by atoms with E-state index >= 15 is 0 Å². The van der Waals surface area contributed by atoms with E-state index in [0.29, 0.717) is 11.4 Å². The summed E-state index contributed by atoms with van der Waals surface area (Å²) >= 11 is 0. The molecule has 0 aliphatic carbocycles. The van der Waals surface area contributed by atoms with Crippen molar-refractivity contribution in [1.82, 2.24) is 19.6 Å². The highest BCUT2D eigenvalue weighted by Crippen LogP contribution is 2.22. The van der Waals surface area contributed by atoms with Gasteiger partial charge in [0, 0.05) is 18.8 Å². The minimum atomic E-state index is -0.239. The van der Waals surface area contributed by atoms with Crippen molar-refractivity contribution in [2.75, 3.05) is 5.32 Å². The quantitative estimate of drug-likeness (QED) is 0.616. The van der Waals surface area contributed by atoms with Crippen molar-refractivity contribution < 1.29 is 4.79 Å². The normalized spacial score (nSPS) is 10.7. The number of aromatic nitrogens is 4. The highest BCUT2D eigenvalue weighted by molar-refractivity contribution is 6.04. The van der Waals surface area contributed by atoms with Gasteiger partial charge in [-0.1, -0.05) is 48.5 Å². The number of amides is 1. The largest absolute Gasteiger partial charge is 0.318 e. The van der Waals surface area contributed by atoms with E-state index in [0.717, 1.165) is 16.9 Å². The molecular formula is C20H17N5O. The van der Waals surface area contributed by atoms with Gasteiger partial charge in [0.15, 0.2) is 0 Å². The minimum absolute atomic E-state index is 0.239. The number of hydrogen-bond acceptors (Lipinski definition) is 3. The van der Waals surface area contributed by atoms with E-state index in [2.05, 4.69) is 15.5 Å². The maximum absolute atomic E-state index is 12.9. The molecule has 2 aromatic heterocycles. The molecule has 0 atom stereocenters. The van der Waals surface area contributed by atoms with Crippen molar-refractivity contribution >= 4 is 11.6 Å². The molecule has 1 N–H and O–H groups in total. The lowest BCUT2D eigenvalue weighted by molar-refractivity contribution is 0.101. The number of nitrogens with one attached hydrogen (secondary N) is 1. The Balaban J connectivity index is 1.76. The first-order chi connectivity index (χ1) is 12.7. The van der Waals surface area contributed by atoms with Gasteiger partial charge in [-0.3, -0.25) is 9.48 Å². The zero-order valence-corrected chi connectivity index (χ0v) is 14.2. The molecule has 6 nitrogen and oxygen atoms in total. The molecule has 0 aliphatic rings. The van der Waals surface area contributed by atoms with Crippen LogP contribution in [0.1, 0.15) is 10.5 Å². The summed E-state index contributed by atoms with van der Waals surface area (Å²) in [7, 11) is 1.80. The first-order valence-corrected chi connectivity index (χ1v) is 8.21. The van der Waals surface area contributed by atoms with Gasteiger partial charge in [-0.2, -0.15) is 10.2 Å². The molecule has 0 aliphatic heterocycles. The Morgan fingerprint density at radius 3 is 2.35 bits per heavy atom. The number of carbonyl (C=O) groups is 1. The average Bonchev–Trinajstić information content (AvgIpc) is 3.30. The van der Waals surface area contributed by atoms with Crippen molar-refractivity contribution in [2.45, 2.75) is 0 Å². The lowest BCUT2D eigenvalue weighted by atomic mass is 10.1. The Labute approximate surface area is 150 Å². The topological polar surface area (TPSA) is 64.7 Å². The number of rotatable bonds is 4. The molecule has 26 heavy (non-hydrogen) atoms. The van der Waals surface area contributed by atoms with Crippen LogP contribution in [0, 0.1) is 0 Å². The van der Waals surface area contributed by atoms with Crippen LogP contribution in [-0.2, 0) is 7.05 Å². The molecule has 0 spiro atoms. The van der Waals surface area contributed by atoms with E-state index in [1.54, 1.807) is 34.9 Å². The number of carbonyl (C=O) groups excluding carboxylic acids is 1. The average molecular weight is 343 g/mol. The molecule has 0 fully saturated rings. The predicted octanol–water partition coefficient (Wildman–Crippen LogP) is 3.53. The lowest BCUT2D eigenvalue weighted by Crippen LogP contribution is -2.16. The van der Waals surface area contributed by atoms with Crippen molar-refractivity contribution in [3.63, 3.8) is 0 Å². The molecule has 2 heterocycles. The second kappa shape index (κ2) is 6.68. The second-order valence-corrected chi connectivity index (χ2v) is 5.89. The third kappa shape index (κ3) is 3.12. The molecule has 0 radical (unpaired) electrons. The van der Waals surface area contributed by atoms with E-state index in [-0.39, 0.29) is 5.91 Å². The highest BCUT2D eigenvalue weighted by atomic mass is 16.2. The van der Waals surface area contributed by atoms with Crippen LogP contribution >= 0.6 is 0 Å². The number of aryl methyl sites for hydroxylation is 1. The van der Waals surface area contributed by atoms with Crippen molar-refractivity contribution in [1.29, 1.82) is 0 Å². The monoisotopic (exact) mass is 343 g/mol. The molecule has 0 saturated carbocycles. The fourth-order valence-corrected chi connectivity index (χ4v) is 2.74. The molecule has 4 rings (SSSR count). The summed E-state index contributed by atoms with van der Waals surface area (Å²) in [6.07, 6.45) is 3.36. The summed E-state index contributed by atoms with van der Waals surface area (Å²) in [5, 5.41) is 11.6. The first-order valence-electron chi connectivity index (χ1n) is 8.21. The summed E-state index contributed by atoms with van der Waals surface area (Å²) in [4.78, 5) is 12.9. The summed E-state index contributed by atoms with van der Waals surface area (Å²) in [5.41, 5.74) is 3.62. The molecule has 2 aromatic carbocycles. The Morgan fingerprint density at radius 1 is 1.00 bits per heavy atom. The van der Waals surface area contributed by atoms with Gasteiger partial charge in [0.05, 0.1) is 23.3 Å². The zero-order valence-electron chi connectivity index (χ0n) is 14.2. The number of anilines is 1. The highest BCUT2D eigenvalue weighted by Gasteiger charge is 2.18. The zero-order chi connectivity index (χ0) is 17.9. The van der Waals surface area contributed by atoms with Gasteiger partial charge < -0.3 is 5.32 Å². The second-order valence-electron chi connectivity index (χ2n) is 5.89. The molecule has 1 amide bonds. The fraction of sp³-hybridized carbons (Fsp3) is 0.0500. The van der Waals surface area contributed by atoms with Crippen molar-refractivity contribution in [3.05, 3.63) is 84.8 Å². The van der Waals surface area contributed by atoms with Crippen LogP contribution in [0.2, 0.25) is 0 Å². The van der Waals surface area contributed by atoms with Crippen LogP contribution in [-0.4, -0.2) is 25.5 Å². The molecule has 0 unspecified atom stereocenters. The predicted molar refractivity (Wildman–Crippen MR) is 100 cm³/mol. The van der Waals surface area contributed by atoms with Gasteiger partial charge in [0.25, 0.3) is 5.91 Å². The van der Waals surface area contributed by atoms with Gasteiger partial charge in [0.2, 0.25) is 0 Å². The van der Waals surface area contributed by atoms with E-state index in [1.807, 2.05) is 60.7 Å². The minimum Gasteiger partial charge on any atom is -0.318 e. The molecule has 0 saturated heterocycles. The standard InChI is InChI=1S/C20H17N5O/c1-24-14-16(13-21-24)22-20(26)19-12-18(15-8-4-2-5-9-15)23-25(19)17-10-6-3-7-11-17/h2-14H,1H3,(H,22,26). The smallest absolute Gasteiger partial charge is 0.274 e. The van der Waals surface area contributed by atoms with E-state index in [1.165, 1.54) is 0 Å².